The van der Waals surface area contributed by atoms with Crippen molar-refractivity contribution in [1.82, 2.24) is 10.2 Å². The van der Waals surface area contributed by atoms with Crippen molar-refractivity contribution in [2.75, 3.05) is 13.1 Å². The van der Waals surface area contributed by atoms with Crippen molar-refractivity contribution in [2.45, 2.75) is 63.6 Å². The van der Waals surface area contributed by atoms with Gasteiger partial charge in [0.1, 0.15) is 5.82 Å². The average molecular weight is 391 g/mol. The molecule has 0 spiro atoms. The number of likely N-dealkylation sites (tertiary alicyclic amines) is 1. The Labute approximate surface area is 163 Å². The van der Waals surface area contributed by atoms with Crippen molar-refractivity contribution in [3.8, 4) is 0 Å². The first-order valence-electron chi connectivity index (χ1n) is 9.94. The van der Waals surface area contributed by atoms with Gasteiger partial charge < -0.3 is 10.4 Å². The number of hydrogen-bond acceptors (Lipinski definition) is 4. The summed E-state index contributed by atoms with van der Waals surface area (Å²) in [6.45, 7) is 3.73. The lowest BCUT2D eigenvalue weighted by Crippen LogP contribution is -2.52. The lowest BCUT2D eigenvalue weighted by molar-refractivity contribution is 0.00728. The summed E-state index contributed by atoms with van der Waals surface area (Å²) in [5.74, 6) is -0.321. The number of aliphatic hydroxyl groups is 1. The fourth-order valence-corrected chi connectivity index (χ4v) is 5.65. The summed E-state index contributed by atoms with van der Waals surface area (Å²) in [6.07, 6.45) is 5.93. The van der Waals surface area contributed by atoms with Crippen LogP contribution in [0.5, 0.6) is 0 Å². The van der Waals surface area contributed by atoms with Crippen LogP contribution in [0, 0.1) is 12.7 Å². The first-order chi connectivity index (χ1) is 13.0. The lowest BCUT2D eigenvalue weighted by atomic mass is 9.89. The number of halogens is 1. The first kappa shape index (κ1) is 18.8. The molecule has 2 N–H and O–H groups in total. The Morgan fingerprint density at radius 2 is 1.96 bits per heavy atom. The van der Waals surface area contributed by atoms with E-state index in [0.29, 0.717) is 4.88 Å². The van der Waals surface area contributed by atoms with Crippen LogP contribution in [-0.2, 0) is 0 Å². The van der Waals surface area contributed by atoms with Crippen LogP contribution in [0.15, 0.2) is 18.2 Å². The van der Waals surface area contributed by atoms with Gasteiger partial charge in [0.15, 0.2) is 0 Å². The van der Waals surface area contributed by atoms with E-state index in [0.717, 1.165) is 60.8 Å². The molecule has 1 amide bonds. The van der Waals surface area contributed by atoms with Gasteiger partial charge in [0.2, 0.25) is 0 Å². The summed E-state index contributed by atoms with van der Waals surface area (Å²) < 4.78 is 14.4. The number of carbonyl (C=O) groups excluding carboxylic acids is 1. The number of carbonyl (C=O) groups is 1. The zero-order valence-electron chi connectivity index (χ0n) is 15.7. The molecule has 4 nitrogen and oxygen atoms in total. The van der Waals surface area contributed by atoms with Crippen molar-refractivity contribution in [3.05, 3.63) is 34.5 Å². The van der Waals surface area contributed by atoms with E-state index >= 15 is 0 Å². The number of aryl methyl sites for hydroxylation is 1. The number of nitrogens with one attached hydrogen (secondary N) is 1. The molecule has 2 aliphatic rings. The number of fused-ring (bicyclic) bond motifs is 1. The van der Waals surface area contributed by atoms with Crippen LogP contribution in [0.4, 0.5) is 4.39 Å². The van der Waals surface area contributed by atoms with E-state index in [9.17, 15) is 14.3 Å². The van der Waals surface area contributed by atoms with Crippen molar-refractivity contribution in [2.24, 2.45) is 0 Å². The van der Waals surface area contributed by atoms with Gasteiger partial charge in [-0.1, -0.05) is 12.8 Å². The monoisotopic (exact) mass is 390 g/mol. The number of aliphatic hydroxyl groups excluding tert-OH is 1. The number of rotatable bonds is 3. The predicted molar refractivity (Wildman–Crippen MR) is 107 cm³/mol. The summed E-state index contributed by atoms with van der Waals surface area (Å²) in [5.41, 5.74) is 0.856. The molecule has 1 aliphatic heterocycles. The number of thiophene rings is 1. The minimum Gasteiger partial charge on any atom is -0.391 e. The molecule has 0 radical (unpaired) electrons. The topological polar surface area (TPSA) is 52.6 Å². The minimum absolute atomic E-state index is 0.0507. The second kappa shape index (κ2) is 7.86. The number of nitrogens with zero attached hydrogens (tertiary/aromatic N) is 1. The van der Waals surface area contributed by atoms with Crippen LogP contribution >= 0.6 is 11.3 Å². The highest BCUT2D eigenvalue weighted by Gasteiger charge is 2.32. The van der Waals surface area contributed by atoms with Gasteiger partial charge in [0, 0.05) is 29.9 Å². The summed E-state index contributed by atoms with van der Waals surface area (Å²) in [5, 5.41) is 14.3. The molecule has 1 aliphatic carbocycles. The van der Waals surface area contributed by atoms with E-state index in [1.807, 2.05) is 6.92 Å². The third-order valence-electron chi connectivity index (χ3n) is 6.13. The van der Waals surface area contributed by atoms with Crippen molar-refractivity contribution in [1.29, 1.82) is 0 Å². The Balaban J connectivity index is 1.38. The third kappa shape index (κ3) is 3.89. The van der Waals surface area contributed by atoms with E-state index < -0.39 is 0 Å². The number of hydrogen-bond donors (Lipinski definition) is 2. The van der Waals surface area contributed by atoms with Gasteiger partial charge >= 0.3 is 0 Å². The van der Waals surface area contributed by atoms with Gasteiger partial charge in [-0.15, -0.1) is 11.3 Å². The van der Waals surface area contributed by atoms with Crippen LogP contribution in [0.2, 0.25) is 0 Å². The first-order valence-corrected chi connectivity index (χ1v) is 10.8. The Hall–Kier alpha value is -1.50. The number of piperidine rings is 1. The molecule has 0 bridgehead atoms. The molecule has 2 unspecified atom stereocenters. The normalized spacial score (nSPS) is 25.0. The quantitative estimate of drug-likeness (QED) is 0.837. The van der Waals surface area contributed by atoms with Crippen molar-refractivity contribution in [3.63, 3.8) is 0 Å². The minimum atomic E-state index is -0.271. The molecular formula is C21H27FN2O2S. The molecule has 6 heteroatoms. The summed E-state index contributed by atoms with van der Waals surface area (Å²) in [4.78, 5) is 15.9. The molecule has 2 heterocycles. The van der Waals surface area contributed by atoms with E-state index in [1.165, 1.54) is 29.9 Å². The Kier molecular flexibility index (Phi) is 5.48. The average Bonchev–Trinajstić information content (AvgIpc) is 2.99. The Bertz CT molecular complexity index is 829. The molecule has 1 aromatic heterocycles. The van der Waals surface area contributed by atoms with Crippen LogP contribution in [0.25, 0.3) is 10.1 Å². The molecule has 4 rings (SSSR count). The summed E-state index contributed by atoms with van der Waals surface area (Å²) in [6, 6.07) is 5.14. The summed E-state index contributed by atoms with van der Waals surface area (Å²) in [7, 11) is 0. The lowest BCUT2D eigenvalue weighted by Gasteiger charge is -2.41. The Morgan fingerprint density at radius 1 is 1.22 bits per heavy atom. The second-order valence-electron chi connectivity index (χ2n) is 7.90. The molecular weight excluding hydrogens is 363 g/mol. The zero-order valence-corrected chi connectivity index (χ0v) is 16.5. The van der Waals surface area contributed by atoms with Crippen LogP contribution in [0.1, 0.15) is 53.8 Å². The highest BCUT2D eigenvalue weighted by Crippen LogP contribution is 2.32. The van der Waals surface area contributed by atoms with E-state index in [4.69, 9.17) is 0 Å². The number of benzene rings is 1. The van der Waals surface area contributed by atoms with E-state index in [1.54, 1.807) is 6.07 Å². The third-order valence-corrected chi connectivity index (χ3v) is 7.40. The molecule has 2 aromatic rings. The smallest absolute Gasteiger partial charge is 0.261 e. The maximum Gasteiger partial charge on any atom is 0.261 e. The maximum absolute atomic E-state index is 13.5. The van der Waals surface area contributed by atoms with Crippen LogP contribution < -0.4 is 5.32 Å². The van der Waals surface area contributed by atoms with E-state index in [-0.39, 0.29) is 29.9 Å². The van der Waals surface area contributed by atoms with Crippen molar-refractivity contribution < 1.29 is 14.3 Å². The van der Waals surface area contributed by atoms with Crippen molar-refractivity contribution >= 4 is 27.3 Å². The predicted octanol–water partition coefficient (Wildman–Crippen LogP) is 3.85. The zero-order chi connectivity index (χ0) is 19.0. The Morgan fingerprint density at radius 3 is 2.70 bits per heavy atom. The molecule has 2 fully saturated rings. The second-order valence-corrected chi connectivity index (χ2v) is 8.95. The van der Waals surface area contributed by atoms with Gasteiger partial charge in [-0.3, -0.25) is 9.69 Å². The number of amides is 1. The molecule has 1 saturated carbocycles. The summed E-state index contributed by atoms with van der Waals surface area (Å²) >= 11 is 1.43. The van der Waals surface area contributed by atoms with Gasteiger partial charge in [0.25, 0.3) is 5.91 Å². The maximum atomic E-state index is 13.5. The molecule has 27 heavy (non-hydrogen) atoms. The van der Waals surface area contributed by atoms with Gasteiger partial charge in [-0.2, -0.15) is 0 Å². The van der Waals surface area contributed by atoms with Crippen LogP contribution in [-0.4, -0.2) is 47.2 Å². The largest absolute Gasteiger partial charge is 0.391 e. The highest BCUT2D eigenvalue weighted by molar-refractivity contribution is 7.21. The molecule has 1 aromatic carbocycles. The molecule has 2 atom stereocenters. The molecule has 1 saturated heterocycles. The van der Waals surface area contributed by atoms with Gasteiger partial charge in [-0.25, -0.2) is 4.39 Å². The SMILES string of the molecule is Cc1c(C(=O)NC2CCN(C3CCCCC3O)CC2)sc2ccc(F)cc12. The standard InChI is InChI=1S/C21H27FN2O2S/c1-13-16-12-14(22)6-7-19(16)27-20(13)21(26)23-15-8-10-24(11-9-15)17-4-2-3-5-18(17)25/h6-7,12,15,17-18,25H,2-5,8-11H2,1H3,(H,23,26). The fourth-order valence-electron chi connectivity index (χ4n) is 4.55. The van der Waals surface area contributed by atoms with Gasteiger partial charge in [-0.05, 0) is 61.8 Å². The highest BCUT2D eigenvalue weighted by atomic mass is 32.1. The van der Waals surface area contributed by atoms with Gasteiger partial charge in [0.05, 0.1) is 11.0 Å². The molecule has 146 valence electrons. The van der Waals surface area contributed by atoms with E-state index in [2.05, 4.69) is 10.2 Å². The van der Waals surface area contributed by atoms with Crippen LogP contribution in [0.3, 0.4) is 0 Å². The fraction of sp³-hybridized carbons (Fsp3) is 0.571.